The first-order valence-electron chi connectivity index (χ1n) is 11.6. The minimum absolute atomic E-state index is 0.0282. The highest BCUT2D eigenvalue weighted by molar-refractivity contribution is 6.30. The molecule has 1 aromatic carbocycles. The monoisotopic (exact) mass is 464 g/mol. The van der Waals surface area contributed by atoms with Crippen LogP contribution in [0.15, 0.2) is 54.7 Å². The average Bonchev–Trinajstić information content (AvgIpc) is 3.35. The Bertz CT molecular complexity index is 1080. The Morgan fingerprint density at radius 3 is 2.73 bits per heavy atom. The van der Waals surface area contributed by atoms with Crippen LogP contribution in [-0.2, 0) is 0 Å². The van der Waals surface area contributed by atoms with Gasteiger partial charge in [-0.15, -0.1) is 0 Å². The second kappa shape index (κ2) is 9.93. The summed E-state index contributed by atoms with van der Waals surface area (Å²) in [5.74, 6) is 1.59. The van der Waals surface area contributed by atoms with Gasteiger partial charge in [0.2, 0.25) is 0 Å². The van der Waals surface area contributed by atoms with Gasteiger partial charge in [0.05, 0.1) is 5.69 Å². The van der Waals surface area contributed by atoms with Crippen LogP contribution in [0.25, 0.3) is 11.3 Å². The van der Waals surface area contributed by atoms with Gasteiger partial charge >= 0.3 is 0 Å². The predicted octanol–water partition coefficient (Wildman–Crippen LogP) is 3.80. The van der Waals surface area contributed by atoms with Gasteiger partial charge in [0.1, 0.15) is 11.5 Å². The van der Waals surface area contributed by atoms with Crippen molar-refractivity contribution in [1.82, 2.24) is 25.0 Å². The number of nitrogens with zero attached hydrogens (tertiary/aromatic N) is 5. The third-order valence-electron chi connectivity index (χ3n) is 6.60. The van der Waals surface area contributed by atoms with Gasteiger partial charge in [-0.05, 0) is 49.1 Å². The molecule has 2 saturated heterocycles. The minimum Gasteiger partial charge on any atom is -0.354 e. The zero-order chi connectivity index (χ0) is 22.6. The van der Waals surface area contributed by atoms with Crippen LogP contribution in [0.3, 0.4) is 0 Å². The van der Waals surface area contributed by atoms with E-state index < -0.39 is 0 Å². The molecule has 2 aliphatic heterocycles. The Morgan fingerprint density at radius 1 is 1.06 bits per heavy atom. The van der Waals surface area contributed by atoms with E-state index in [9.17, 15) is 4.79 Å². The molecule has 8 heteroatoms. The first-order valence-corrected chi connectivity index (χ1v) is 12.0. The van der Waals surface area contributed by atoms with Crippen LogP contribution < -0.4 is 4.90 Å². The molecule has 2 aliphatic rings. The Kier molecular flexibility index (Phi) is 6.60. The zero-order valence-corrected chi connectivity index (χ0v) is 19.4. The highest BCUT2D eigenvalue weighted by Gasteiger charge is 2.28. The number of H-pyrrole nitrogens is 1. The van der Waals surface area contributed by atoms with Crippen molar-refractivity contribution in [1.29, 1.82) is 0 Å². The molecular formula is C25H29ClN6O. The molecule has 2 fully saturated rings. The second-order valence-electron chi connectivity index (χ2n) is 8.91. The smallest absolute Gasteiger partial charge is 0.271 e. The number of carbonyl (C=O) groups is 1. The molecule has 1 atom stereocenters. The lowest BCUT2D eigenvalue weighted by Crippen LogP contribution is -2.50. The van der Waals surface area contributed by atoms with Crippen LogP contribution in [0.4, 0.5) is 5.82 Å². The average molecular weight is 465 g/mol. The van der Waals surface area contributed by atoms with Crippen molar-refractivity contribution in [2.24, 2.45) is 5.92 Å². The molecule has 1 amide bonds. The number of anilines is 1. The molecule has 0 saturated carbocycles. The van der Waals surface area contributed by atoms with Gasteiger partial charge in [-0.1, -0.05) is 29.8 Å². The predicted molar refractivity (Wildman–Crippen MR) is 131 cm³/mol. The Morgan fingerprint density at radius 2 is 1.94 bits per heavy atom. The Labute approximate surface area is 199 Å². The van der Waals surface area contributed by atoms with E-state index in [1.165, 1.54) is 6.42 Å². The summed E-state index contributed by atoms with van der Waals surface area (Å²) in [6.07, 6.45) is 4.06. The number of aromatic amines is 1. The molecule has 172 valence electrons. The Balaban J connectivity index is 1.15. The van der Waals surface area contributed by atoms with Gasteiger partial charge in [0.25, 0.3) is 5.91 Å². The standard InChI is InChI=1S/C25H29ClN6O/c26-21-7-3-6-20(15-21)22-16-23(29-28-22)25(33)32-10-4-5-19(18-32)17-30-11-13-31(14-12-30)24-8-1-2-9-27-24/h1-3,6-9,15-16,19H,4-5,10-14,17-18H2,(H,28,29). The summed E-state index contributed by atoms with van der Waals surface area (Å²) in [6, 6.07) is 15.4. The third kappa shape index (κ3) is 5.20. The van der Waals surface area contributed by atoms with Gasteiger partial charge in [0.15, 0.2) is 0 Å². The molecule has 4 heterocycles. The summed E-state index contributed by atoms with van der Waals surface area (Å²) in [6.45, 7) is 6.68. The zero-order valence-electron chi connectivity index (χ0n) is 18.7. The molecule has 1 unspecified atom stereocenters. The number of likely N-dealkylation sites (tertiary alicyclic amines) is 1. The van der Waals surface area contributed by atoms with Crippen molar-refractivity contribution in [2.75, 3.05) is 50.7 Å². The number of carbonyl (C=O) groups excluding carboxylic acids is 1. The summed E-state index contributed by atoms with van der Waals surface area (Å²) >= 11 is 6.10. The maximum Gasteiger partial charge on any atom is 0.271 e. The number of hydrogen-bond acceptors (Lipinski definition) is 5. The molecule has 0 spiro atoms. The van der Waals surface area contributed by atoms with E-state index >= 15 is 0 Å². The van der Waals surface area contributed by atoms with Gasteiger partial charge in [0, 0.05) is 62.6 Å². The number of piperidine rings is 1. The van der Waals surface area contributed by atoms with Crippen LogP contribution in [0, 0.1) is 5.92 Å². The van der Waals surface area contributed by atoms with Crippen LogP contribution in [-0.4, -0.2) is 76.7 Å². The summed E-state index contributed by atoms with van der Waals surface area (Å²) in [4.78, 5) is 24.5. The Hall–Kier alpha value is -2.90. The normalized spacial score (nSPS) is 19.6. The summed E-state index contributed by atoms with van der Waals surface area (Å²) in [5.41, 5.74) is 2.17. The van der Waals surface area contributed by atoms with Crippen molar-refractivity contribution in [2.45, 2.75) is 12.8 Å². The third-order valence-corrected chi connectivity index (χ3v) is 6.83. The topological polar surface area (TPSA) is 68.4 Å². The number of pyridine rings is 1. The number of amides is 1. The summed E-state index contributed by atoms with van der Waals surface area (Å²) in [5, 5.41) is 7.93. The van der Waals surface area contributed by atoms with Crippen LogP contribution >= 0.6 is 11.6 Å². The van der Waals surface area contributed by atoms with E-state index in [-0.39, 0.29) is 5.91 Å². The van der Waals surface area contributed by atoms with E-state index in [0.29, 0.717) is 16.6 Å². The van der Waals surface area contributed by atoms with Gasteiger partial charge in [-0.3, -0.25) is 14.8 Å². The van der Waals surface area contributed by atoms with Gasteiger partial charge < -0.3 is 9.80 Å². The number of piperazine rings is 1. The van der Waals surface area contributed by atoms with Crippen molar-refractivity contribution < 1.29 is 4.79 Å². The lowest BCUT2D eigenvalue weighted by Gasteiger charge is -2.39. The van der Waals surface area contributed by atoms with E-state index in [1.54, 1.807) is 0 Å². The van der Waals surface area contributed by atoms with E-state index in [1.807, 2.05) is 53.6 Å². The van der Waals surface area contributed by atoms with Gasteiger partial charge in [-0.25, -0.2) is 4.98 Å². The molecule has 5 rings (SSSR count). The van der Waals surface area contributed by atoms with Crippen molar-refractivity contribution in [3.05, 3.63) is 65.4 Å². The molecule has 2 aromatic heterocycles. The van der Waals surface area contributed by atoms with Crippen molar-refractivity contribution >= 4 is 23.3 Å². The fraction of sp³-hybridized carbons (Fsp3) is 0.400. The summed E-state index contributed by atoms with van der Waals surface area (Å²) in [7, 11) is 0. The molecule has 33 heavy (non-hydrogen) atoms. The number of nitrogens with one attached hydrogen (secondary N) is 1. The van der Waals surface area contributed by atoms with Crippen LogP contribution in [0.2, 0.25) is 5.02 Å². The molecule has 7 nitrogen and oxygen atoms in total. The highest BCUT2D eigenvalue weighted by Crippen LogP contribution is 2.24. The fourth-order valence-electron chi connectivity index (χ4n) is 4.86. The minimum atomic E-state index is 0.0282. The first kappa shape index (κ1) is 21.9. The van der Waals surface area contributed by atoms with Crippen LogP contribution in [0.5, 0.6) is 0 Å². The molecule has 1 N–H and O–H groups in total. The number of rotatable bonds is 5. The quantitative estimate of drug-likeness (QED) is 0.622. The number of benzene rings is 1. The summed E-state index contributed by atoms with van der Waals surface area (Å²) < 4.78 is 0. The molecule has 3 aromatic rings. The lowest BCUT2D eigenvalue weighted by atomic mass is 9.96. The van der Waals surface area contributed by atoms with Crippen molar-refractivity contribution in [3.8, 4) is 11.3 Å². The van der Waals surface area contributed by atoms with E-state index in [0.717, 1.165) is 69.3 Å². The largest absolute Gasteiger partial charge is 0.354 e. The second-order valence-corrected chi connectivity index (χ2v) is 9.35. The fourth-order valence-corrected chi connectivity index (χ4v) is 5.05. The SMILES string of the molecule is O=C(c1cc(-c2cccc(Cl)c2)n[nH]1)N1CCCC(CN2CCN(c3ccccn3)CC2)C1. The number of hydrogen-bond donors (Lipinski definition) is 1. The molecular weight excluding hydrogens is 436 g/mol. The maximum atomic E-state index is 13.2. The first-order chi connectivity index (χ1) is 16.2. The number of aromatic nitrogens is 3. The van der Waals surface area contributed by atoms with E-state index in [4.69, 9.17) is 11.6 Å². The van der Waals surface area contributed by atoms with E-state index in [2.05, 4.69) is 31.0 Å². The highest BCUT2D eigenvalue weighted by atomic mass is 35.5. The maximum absolute atomic E-state index is 13.2. The van der Waals surface area contributed by atoms with Crippen LogP contribution in [0.1, 0.15) is 23.3 Å². The molecule has 0 aliphatic carbocycles. The van der Waals surface area contributed by atoms with Gasteiger partial charge in [-0.2, -0.15) is 5.10 Å². The molecule has 0 radical (unpaired) electrons. The lowest BCUT2D eigenvalue weighted by molar-refractivity contribution is 0.0631. The molecule has 0 bridgehead atoms. The number of halogens is 1. The van der Waals surface area contributed by atoms with Crippen molar-refractivity contribution in [3.63, 3.8) is 0 Å².